The van der Waals surface area contributed by atoms with E-state index in [1.807, 2.05) is 67.7 Å². The molecule has 7 aromatic carbocycles. The minimum Gasteiger partial charge on any atom is -0.497 e. The highest BCUT2D eigenvalue weighted by Gasteiger charge is 2.22. The van der Waals surface area contributed by atoms with Gasteiger partial charge in [0.05, 0.1) is 54.8 Å². The Kier molecular flexibility index (Phi) is 8.48. The number of hydrogen-bond acceptors (Lipinski definition) is 7. The minimum absolute atomic E-state index is 0.553. The summed E-state index contributed by atoms with van der Waals surface area (Å²) >= 11 is 0. The van der Waals surface area contributed by atoms with Crippen LogP contribution in [0.2, 0.25) is 0 Å². The number of para-hydroxylation sites is 2. The standard InChI is InChI=1S/C49H38N6O3/c1-50-31-18-22-43-37(26-31)38-27-32(56-2)19-23-44(38)54(43)41-16-10-8-14-35(41)48-51-47(30-12-6-5-7-13-30)52-49(53-48)36-15-9-11-17-42(36)55-45-24-20-33(57-3)28-39(45)40-29-34(58-4)21-25-46(40)55/h5-29,50H,1-4H3. The third kappa shape index (κ3) is 5.66. The van der Waals surface area contributed by atoms with Gasteiger partial charge in [-0.1, -0.05) is 54.6 Å². The van der Waals surface area contributed by atoms with Crippen LogP contribution in [0, 0.1) is 0 Å². The van der Waals surface area contributed by atoms with Crippen molar-refractivity contribution in [2.75, 3.05) is 33.7 Å². The Balaban J connectivity index is 1.23. The molecule has 0 bridgehead atoms. The van der Waals surface area contributed by atoms with Gasteiger partial charge in [0.1, 0.15) is 17.2 Å². The summed E-state index contributed by atoms with van der Waals surface area (Å²) in [5, 5.41) is 7.58. The molecule has 282 valence electrons. The number of fused-ring (bicyclic) bond motifs is 6. The van der Waals surface area contributed by atoms with Crippen LogP contribution >= 0.6 is 0 Å². The predicted molar refractivity (Wildman–Crippen MR) is 234 cm³/mol. The maximum Gasteiger partial charge on any atom is 0.166 e. The Bertz CT molecular complexity index is 2870. The van der Waals surface area contributed by atoms with E-state index in [0.29, 0.717) is 17.5 Å². The topological polar surface area (TPSA) is 88.2 Å². The van der Waals surface area contributed by atoms with E-state index in [2.05, 4.69) is 105 Å². The highest BCUT2D eigenvalue weighted by molar-refractivity contribution is 6.12. The first-order valence-electron chi connectivity index (χ1n) is 19.0. The number of anilines is 1. The van der Waals surface area contributed by atoms with Gasteiger partial charge >= 0.3 is 0 Å². The molecule has 0 spiro atoms. The van der Waals surface area contributed by atoms with E-state index in [0.717, 1.165) is 94.6 Å². The van der Waals surface area contributed by atoms with Gasteiger partial charge in [0, 0.05) is 51.0 Å². The Morgan fingerprint density at radius 2 is 0.810 bits per heavy atom. The van der Waals surface area contributed by atoms with E-state index >= 15 is 0 Å². The van der Waals surface area contributed by atoms with E-state index in [1.165, 1.54) is 0 Å². The highest BCUT2D eigenvalue weighted by atomic mass is 16.5. The second-order valence-corrected chi connectivity index (χ2v) is 14.0. The van der Waals surface area contributed by atoms with E-state index < -0.39 is 0 Å². The largest absolute Gasteiger partial charge is 0.497 e. The number of ether oxygens (including phenoxy) is 3. The van der Waals surface area contributed by atoms with E-state index in [-0.39, 0.29) is 0 Å². The molecule has 0 aliphatic rings. The SMILES string of the molecule is CNc1ccc2c(c1)c1cc(OC)ccc1n2-c1ccccc1-c1nc(-c2ccccc2)nc(-c2ccccc2-n2c3ccc(OC)cc3c3cc(OC)ccc32)n1. The van der Waals surface area contributed by atoms with E-state index in [1.54, 1.807) is 21.3 Å². The first kappa shape index (κ1) is 34.8. The average Bonchev–Trinajstić information content (AvgIpc) is 3.79. The van der Waals surface area contributed by atoms with E-state index in [9.17, 15) is 0 Å². The Labute approximate surface area is 334 Å². The Morgan fingerprint density at radius 1 is 0.414 bits per heavy atom. The van der Waals surface area contributed by atoms with Crippen molar-refractivity contribution < 1.29 is 14.2 Å². The third-order valence-corrected chi connectivity index (χ3v) is 10.9. The lowest BCUT2D eigenvalue weighted by atomic mass is 10.1. The first-order chi connectivity index (χ1) is 28.6. The molecule has 10 aromatic rings. The van der Waals surface area contributed by atoms with Crippen LogP contribution < -0.4 is 19.5 Å². The van der Waals surface area contributed by atoms with E-state index in [4.69, 9.17) is 29.2 Å². The maximum atomic E-state index is 5.69. The zero-order valence-electron chi connectivity index (χ0n) is 32.4. The van der Waals surface area contributed by atoms with Gasteiger partial charge in [-0.3, -0.25) is 0 Å². The average molecular weight is 759 g/mol. The van der Waals surface area contributed by atoms with Crippen LogP contribution in [0.1, 0.15) is 0 Å². The van der Waals surface area contributed by atoms with Crippen molar-refractivity contribution in [3.63, 3.8) is 0 Å². The molecular formula is C49H38N6O3. The van der Waals surface area contributed by atoms with Crippen LogP contribution in [0.15, 0.2) is 152 Å². The van der Waals surface area contributed by atoms with Crippen LogP contribution in [-0.4, -0.2) is 52.5 Å². The normalized spacial score (nSPS) is 11.4. The fourth-order valence-corrected chi connectivity index (χ4v) is 8.09. The van der Waals surface area contributed by atoms with Gasteiger partial charge in [-0.25, -0.2) is 15.0 Å². The number of aromatic nitrogens is 5. The van der Waals surface area contributed by atoms with Crippen molar-refractivity contribution in [3.8, 4) is 62.8 Å². The summed E-state index contributed by atoms with van der Waals surface area (Å²) in [6.07, 6.45) is 0. The quantitative estimate of drug-likeness (QED) is 0.157. The molecule has 10 rings (SSSR count). The minimum atomic E-state index is 0.553. The highest BCUT2D eigenvalue weighted by Crippen LogP contribution is 2.41. The third-order valence-electron chi connectivity index (χ3n) is 10.9. The summed E-state index contributed by atoms with van der Waals surface area (Å²) in [6, 6.07) is 51.7. The Hall–Kier alpha value is -7.65. The van der Waals surface area contributed by atoms with Crippen molar-refractivity contribution in [2.45, 2.75) is 0 Å². The van der Waals surface area contributed by atoms with Gasteiger partial charge in [-0.2, -0.15) is 0 Å². The molecule has 0 aliphatic carbocycles. The molecule has 0 fully saturated rings. The van der Waals surface area contributed by atoms with Crippen molar-refractivity contribution in [3.05, 3.63) is 152 Å². The first-order valence-corrected chi connectivity index (χ1v) is 19.0. The lowest BCUT2D eigenvalue weighted by Gasteiger charge is -2.16. The fourth-order valence-electron chi connectivity index (χ4n) is 8.09. The number of nitrogens with one attached hydrogen (secondary N) is 1. The molecule has 9 heteroatoms. The zero-order valence-corrected chi connectivity index (χ0v) is 32.4. The van der Waals surface area contributed by atoms with Crippen molar-refractivity contribution >= 4 is 49.3 Å². The molecule has 0 unspecified atom stereocenters. The lowest BCUT2D eigenvalue weighted by Crippen LogP contribution is -2.05. The number of benzene rings is 7. The molecule has 0 radical (unpaired) electrons. The van der Waals surface area contributed by atoms with Gasteiger partial charge in [-0.05, 0) is 97.1 Å². The molecule has 58 heavy (non-hydrogen) atoms. The van der Waals surface area contributed by atoms with Crippen molar-refractivity contribution in [1.82, 2.24) is 24.1 Å². The number of hydrogen-bond donors (Lipinski definition) is 1. The van der Waals surface area contributed by atoms with Gasteiger partial charge in [0.2, 0.25) is 0 Å². The lowest BCUT2D eigenvalue weighted by molar-refractivity contribution is 0.415. The number of rotatable bonds is 9. The zero-order chi connectivity index (χ0) is 39.3. The van der Waals surface area contributed by atoms with Crippen LogP contribution in [0.3, 0.4) is 0 Å². The monoisotopic (exact) mass is 758 g/mol. The van der Waals surface area contributed by atoms with Crippen molar-refractivity contribution in [1.29, 1.82) is 0 Å². The van der Waals surface area contributed by atoms with Gasteiger partial charge in [0.25, 0.3) is 0 Å². The summed E-state index contributed by atoms with van der Waals surface area (Å²) in [6.45, 7) is 0. The van der Waals surface area contributed by atoms with Gasteiger partial charge < -0.3 is 28.7 Å². The predicted octanol–water partition coefficient (Wildman–Crippen LogP) is 11.1. The fraction of sp³-hybridized carbons (Fsp3) is 0.0816. The molecule has 0 saturated heterocycles. The maximum absolute atomic E-state index is 5.69. The van der Waals surface area contributed by atoms with Crippen LogP contribution in [0.5, 0.6) is 17.2 Å². The second kappa shape index (κ2) is 14.1. The number of methoxy groups -OCH3 is 3. The van der Waals surface area contributed by atoms with Crippen LogP contribution in [0.4, 0.5) is 5.69 Å². The summed E-state index contributed by atoms with van der Waals surface area (Å²) in [5.41, 5.74) is 9.64. The second-order valence-electron chi connectivity index (χ2n) is 14.0. The summed E-state index contributed by atoms with van der Waals surface area (Å²) in [7, 11) is 7.02. The summed E-state index contributed by atoms with van der Waals surface area (Å²) < 4.78 is 21.6. The molecular weight excluding hydrogens is 721 g/mol. The molecule has 9 nitrogen and oxygen atoms in total. The molecule has 1 N–H and O–H groups in total. The molecule has 0 amide bonds. The Morgan fingerprint density at radius 3 is 1.26 bits per heavy atom. The number of nitrogens with zero attached hydrogens (tertiary/aromatic N) is 5. The molecule has 0 saturated carbocycles. The van der Waals surface area contributed by atoms with Crippen molar-refractivity contribution in [2.24, 2.45) is 0 Å². The van der Waals surface area contributed by atoms with Gasteiger partial charge in [0.15, 0.2) is 17.5 Å². The summed E-state index contributed by atoms with van der Waals surface area (Å²) in [4.78, 5) is 15.8. The van der Waals surface area contributed by atoms with Gasteiger partial charge in [-0.15, -0.1) is 0 Å². The molecule has 3 aromatic heterocycles. The molecule has 0 aliphatic heterocycles. The smallest absolute Gasteiger partial charge is 0.166 e. The summed E-state index contributed by atoms with van der Waals surface area (Å²) in [5.74, 6) is 4.04. The molecule has 3 heterocycles. The van der Waals surface area contributed by atoms with Crippen LogP contribution in [0.25, 0.3) is 89.2 Å². The van der Waals surface area contributed by atoms with Crippen LogP contribution in [-0.2, 0) is 0 Å². The molecule has 0 atom stereocenters.